The normalized spacial score (nSPS) is 16.2. The van der Waals surface area contributed by atoms with Gasteiger partial charge in [0.2, 0.25) is 0 Å². The summed E-state index contributed by atoms with van der Waals surface area (Å²) >= 11 is 0. The van der Waals surface area contributed by atoms with Crippen molar-refractivity contribution in [1.82, 2.24) is 0 Å². The van der Waals surface area contributed by atoms with E-state index < -0.39 is 42.7 Å². The van der Waals surface area contributed by atoms with E-state index in [-0.39, 0.29) is 5.57 Å². The van der Waals surface area contributed by atoms with E-state index in [9.17, 15) is 36.6 Å². The van der Waals surface area contributed by atoms with E-state index in [0.29, 0.717) is 13.8 Å². The van der Waals surface area contributed by atoms with Gasteiger partial charge in [0, 0.05) is 12.5 Å². The lowest BCUT2D eigenvalue weighted by molar-refractivity contribution is -0.448. The molecule has 0 radical (unpaired) electrons. The molecule has 6 nitrogen and oxygen atoms in total. The van der Waals surface area contributed by atoms with Crippen LogP contribution in [0.4, 0.5) is 22.0 Å². The summed E-state index contributed by atoms with van der Waals surface area (Å²) in [6.07, 6.45) is -8.66. The number of ether oxygens (including phenoxy) is 3. The molecule has 0 aliphatic carbocycles. The Morgan fingerprint density at radius 3 is 2.00 bits per heavy atom. The van der Waals surface area contributed by atoms with Crippen molar-refractivity contribution in [2.24, 2.45) is 0 Å². The maximum atomic E-state index is 13.9. The third-order valence-corrected chi connectivity index (χ3v) is 2.50. The molecule has 134 valence electrons. The highest BCUT2D eigenvalue weighted by atomic mass is 19.4. The van der Waals surface area contributed by atoms with Crippen LogP contribution < -0.4 is 0 Å². The minimum Gasteiger partial charge on any atom is -0.456 e. The van der Waals surface area contributed by atoms with Gasteiger partial charge in [0.15, 0.2) is 12.9 Å². The van der Waals surface area contributed by atoms with Crippen LogP contribution in [0.2, 0.25) is 0 Å². The van der Waals surface area contributed by atoms with E-state index in [0.717, 1.165) is 6.92 Å². The van der Waals surface area contributed by atoms with Gasteiger partial charge in [0.05, 0.1) is 0 Å². The Bertz CT molecular complexity index is 475. The molecule has 0 aliphatic rings. The molecule has 23 heavy (non-hydrogen) atoms. The highest BCUT2D eigenvalue weighted by molar-refractivity contribution is 5.86. The molecule has 0 aromatic carbocycles. The topological polar surface area (TPSA) is 82.1 Å². The molecule has 0 fully saturated rings. The third-order valence-electron chi connectivity index (χ3n) is 2.50. The lowest BCUT2D eigenvalue weighted by Crippen LogP contribution is -2.65. The predicted octanol–water partition coefficient (Wildman–Crippen LogP) is 1.92. The lowest BCUT2D eigenvalue weighted by atomic mass is 10.0. The Morgan fingerprint density at radius 1 is 1.17 bits per heavy atom. The van der Waals surface area contributed by atoms with Crippen LogP contribution in [0.5, 0.6) is 0 Å². The van der Waals surface area contributed by atoms with E-state index in [1.165, 1.54) is 0 Å². The van der Waals surface area contributed by atoms with Crippen LogP contribution in [0.15, 0.2) is 12.2 Å². The molecule has 2 atom stereocenters. The molecule has 0 spiro atoms. The Kier molecular flexibility index (Phi) is 6.67. The monoisotopic (exact) mass is 350 g/mol. The summed E-state index contributed by atoms with van der Waals surface area (Å²) < 4.78 is 78.0. The van der Waals surface area contributed by atoms with Gasteiger partial charge in [-0.3, -0.25) is 9.53 Å². The summed E-state index contributed by atoms with van der Waals surface area (Å²) in [4.78, 5) is 21.6. The van der Waals surface area contributed by atoms with Crippen molar-refractivity contribution in [2.75, 3.05) is 6.79 Å². The SMILES string of the molecule is C=C(C)C(=O)OCOC(O)(C(F)(F)F)C(F)(F)C(C)OC(C)=O. The Hall–Kier alpha value is -1.75. The largest absolute Gasteiger partial charge is 0.456 e. The minimum absolute atomic E-state index is 0.232. The first-order chi connectivity index (χ1) is 10.2. The van der Waals surface area contributed by atoms with E-state index in [1.54, 1.807) is 0 Å². The zero-order valence-corrected chi connectivity index (χ0v) is 12.4. The van der Waals surface area contributed by atoms with Gasteiger partial charge >= 0.3 is 29.8 Å². The molecule has 0 bridgehead atoms. The van der Waals surface area contributed by atoms with Crippen molar-refractivity contribution in [3.05, 3.63) is 12.2 Å². The average Bonchev–Trinajstić information content (AvgIpc) is 2.35. The van der Waals surface area contributed by atoms with Crippen LogP contribution in [0.1, 0.15) is 20.8 Å². The quantitative estimate of drug-likeness (QED) is 0.327. The van der Waals surface area contributed by atoms with Gasteiger partial charge in [-0.15, -0.1) is 0 Å². The second-order valence-corrected chi connectivity index (χ2v) is 4.49. The van der Waals surface area contributed by atoms with Gasteiger partial charge < -0.3 is 14.6 Å². The number of rotatable bonds is 7. The molecular formula is C12H15F5O6. The standard InChI is InChI=1S/C12H15F5O6/c1-6(2)9(19)21-5-22-11(20,12(15,16)17)10(13,14)7(3)23-8(4)18/h7,20H,1,5H2,2-4H3. The highest BCUT2D eigenvalue weighted by Crippen LogP contribution is 2.45. The Labute approximate surface area is 127 Å². The third kappa shape index (κ3) is 4.86. The van der Waals surface area contributed by atoms with Crippen LogP contribution in [-0.2, 0) is 23.8 Å². The van der Waals surface area contributed by atoms with Crippen molar-refractivity contribution in [2.45, 2.75) is 44.8 Å². The first kappa shape index (κ1) is 21.2. The number of aliphatic hydroxyl groups is 1. The second-order valence-electron chi connectivity index (χ2n) is 4.49. The maximum Gasteiger partial charge on any atom is 0.449 e. The van der Waals surface area contributed by atoms with Crippen LogP contribution >= 0.6 is 0 Å². The van der Waals surface area contributed by atoms with Crippen LogP contribution in [0, 0.1) is 0 Å². The molecule has 0 rings (SSSR count). The molecule has 0 aliphatic heterocycles. The van der Waals surface area contributed by atoms with Gasteiger partial charge in [-0.25, -0.2) is 4.79 Å². The zero-order chi connectivity index (χ0) is 18.6. The number of hydrogen-bond donors (Lipinski definition) is 1. The summed E-state index contributed by atoms with van der Waals surface area (Å²) in [7, 11) is 0. The van der Waals surface area contributed by atoms with E-state index in [2.05, 4.69) is 20.8 Å². The van der Waals surface area contributed by atoms with Crippen molar-refractivity contribution < 1.29 is 50.9 Å². The second kappa shape index (κ2) is 7.21. The minimum atomic E-state index is -5.99. The van der Waals surface area contributed by atoms with Gasteiger partial charge in [-0.2, -0.15) is 22.0 Å². The van der Waals surface area contributed by atoms with E-state index in [1.807, 2.05) is 0 Å². The number of carbonyl (C=O) groups is 2. The number of carbonyl (C=O) groups excluding carboxylic acids is 2. The fraction of sp³-hybridized carbons (Fsp3) is 0.667. The molecule has 11 heteroatoms. The number of esters is 2. The number of hydrogen-bond acceptors (Lipinski definition) is 6. The molecule has 1 N–H and O–H groups in total. The van der Waals surface area contributed by atoms with Crippen molar-refractivity contribution in [3.63, 3.8) is 0 Å². The average molecular weight is 350 g/mol. The molecule has 0 aromatic rings. The fourth-order valence-corrected chi connectivity index (χ4v) is 1.26. The molecular weight excluding hydrogens is 335 g/mol. The van der Waals surface area contributed by atoms with Crippen LogP contribution in [0.25, 0.3) is 0 Å². The fourth-order valence-electron chi connectivity index (χ4n) is 1.26. The molecule has 0 saturated heterocycles. The first-order valence-electron chi connectivity index (χ1n) is 5.97. The zero-order valence-electron chi connectivity index (χ0n) is 12.4. The summed E-state index contributed by atoms with van der Waals surface area (Å²) in [6, 6.07) is 0. The van der Waals surface area contributed by atoms with E-state index >= 15 is 0 Å². The Balaban J connectivity index is 5.36. The van der Waals surface area contributed by atoms with Gasteiger partial charge in [0.1, 0.15) is 0 Å². The maximum absolute atomic E-state index is 13.9. The summed E-state index contributed by atoms with van der Waals surface area (Å²) in [5, 5.41) is 9.31. The molecule has 0 amide bonds. The highest BCUT2D eigenvalue weighted by Gasteiger charge is 2.74. The summed E-state index contributed by atoms with van der Waals surface area (Å²) in [5.41, 5.74) is -0.232. The lowest BCUT2D eigenvalue weighted by Gasteiger charge is -2.38. The van der Waals surface area contributed by atoms with Gasteiger partial charge in [-0.1, -0.05) is 6.58 Å². The molecule has 0 aromatic heterocycles. The molecule has 0 heterocycles. The smallest absolute Gasteiger partial charge is 0.449 e. The number of alkyl halides is 5. The van der Waals surface area contributed by atoms with Gasteiger partial charge in [-0.05, 0) is 13.8 Å². The van der Waals surface area contributed by atoms with Crippen LogP contribution in [-0.4, -0.2) is 47.8 Å². The van der Waals surface area contributed by atoms with E-state index in [4.69, 9.17) is 0 Å². The molecule has 2 unspecified atom stereocenters. The van der Waals surface area contributed by atoms with Crippen molar-refractivity contribution in [3.8, 4) is 0 Å². The Morgan fingerprint density at radius 2 is 1.65 bits per heavy atom. The predicted molar refractivity (Wildman–Crippen MR) is 64.0 cm³/mol. The van der Waals surface area contributed by atoms with Crippen molar-refractivity contribution >= 4 is 11.9 Å². The summed E-state index contributed by atoms with van der Waals surface area (Å²) in [5.74, 6) is -12.7. The first-order valence-corrected chi connectivity index (χ1v) is 5.97. The van der Waals surface area contributed by atoms with Gasteiger partial charge in [0.25, 0.3) is 0 Å². The van der Waals surface area contributed by atoms with Crippen LogP contribution in [0.3, 0.4) is 0 Å². The molecule has 0 saturated carbocycles. The summed E-state index contributed by atoms with van der Waals surface area (Å²) in [6.45, 7) is 3.74. The number of halogens is 5. The van der Waals surface area contributed by atoms with Crippen molar-refractivity contribution in [1.29, 1.82) is 0 Å².